The second-order valence-corrected chi connectivity index (χ2v) is 0. The SMILES string of the molecule is Cl.Cl.Cl.Cl.Cl.Cl.[Sb]. The molecular weight excluding hydrogens is 334 g/mol. The molecule has 0 aliphatic carbocycles. The van der Waals surface area contributed by atoms with Gasteiger partial charge in [-0.3, -0.25) is 0 Å². The van der Waals surface area contributed by atoms with Gasteiger partial charge in [0.25, 0.3) is 0 Å². The van der Waals surface area contributed by atoms with Crippen LogP contribution in [0, 0.1) is 0 Å². The summed E-state index contributed by atoms with van der Waals surface area (Å²) in [7, 11) is 0. The van der Waals surface area contributed by atoms with E-state index in [0.717, 1.165) is 0 Å². The number of halogens is 6. The van der Waals surface area contributed by atoms with E-state index in [-0.39, 0.29) is 98.9 Å². The molecule has 0 amide bonds. The Morgan fingerprint density at radius 1 is 0.286 bits per heavy atom. The molecule has 0 aromatic rings. The molecule has 0 N–H and O–H groups in total. The normalized spacial score (nSPS) is 0. The van der Waals surface area contributed by atoms with Gasteiger partial charge in [0, 0.05) is 24.4 Å². The van der Waals surface area contributed by atoms with Crippen LogP contribution in [0.5, 0.6) is 0 Å². The fraction of sp³-hybridized carbons (Fsp3) is 0. The molecule has 0 aliphatic heterocycles. The van der Waals surface area contributed by atoms with Gasteiger partial charge in [-0.2, -0.15) is 0 Å². The molecule has 0 aliphatic rings. The summed E-state index contributed by atoms with van der Waals surface area (Å²) in [6, 6.07) is 0. The molecule has 0 spiro atoms. The quantitative estimate of drug-likeness (QED) is 0.593. The summed E-state index contributed by atoms with van der Waals surface area (Å²) in [5.74, 6) is 0. The third kappa shape index (κ3) is 56.2. The third-order valence-corrected chi connectivity index (χ3v) is 0. The van der Waals surface area contributed by atoms with Crippen molar-refractivity contribution in [2.45, 2.75) is 0 Å². The average Bonchev–Trinajstić information content (AvgIpc) is 0. The maximum absolute atomic E-state index is 0. The van der Waals surface area contributed by atoms with Crippen molar-refractivity contribution >= 4 is 98.9 Å². The van der Waals surface area contributed by atoms with E-state index in [9.17, 15) is 0 Å². The Bertz CT molecular complexity index is 4.14. The minimum atomic E-state index is 0. The van der Waals surface area contributed by atoms with Crippen LogP contribution in [0.2, 0.25) is 0 Å². The van der Waals surface area contributed by atoms with E-state index < -0.39 is 0 Å². The first-order chi connectivity index (χ1) is 0. The van der Waals surface area contributed by atoms with Crippen LogP contribution in [-0.2, 0) is 0 Å². The van der Waals surface area contributed by atoms with Crippen LogP contribution in [0.4, 0.5) is 0 Å². The van der Waals surface area contributed by atoms with E-state index in [4.69, 9.17) is 0 Å². The first-order valence-electron chi connectivity index (χ1n) is 0. The van der Waals surface area contributed by atoms with Crippen LogP contribution in [0.15, 0.2) is 0 Å². The number of hydrogen-bond donors (Lipinski definition) is 0. The summed E-state index contributed by atoms with van der Waals surface area (Å²) in [6.07, 6.45) is 0. The summed E-state index contributed by atoms with van der Waals surface area (Å²) in [5.41, 5.74) is 0. The van der Waals surface area contributed by atoms with Gasteiger partial charge in [-0.05, 0) is 0 Å². The van der Waals surface area contributed by atoms with Crippen molar-refractivity contribution in [3.63, 3.8) is 0 Å². The van der Waals surface area contributed by atoms with Crippen molar-refractivity contribution in [1.82, 2.24) is 0 Å². The molecule has 7 heavy (non-hydrogen) atoms. The molecule has 0 heterocycles. The zero-order valence-corrected chi connectivity index (χ0v) is 10.3. The topological polar surface area (TPSA) is 0 Å². The Morgan fingerprint density at radius 3 is 0.286 bits per heavy atom. The summed E-state index contributed by atoms with van der Waals surface area (Å²) >= 11 is 0. The molecule has 0 aromatic carbocycles. The molecule has 3 radical (unpaired) electrons. The van der Waals surface area contributed by atoms with E-state index in [0.29, 0.717) is 0 Å². The number of rotatable bonds is 0. The van der Waals surface area contributed by atoms with E-state index in [2.05, 4.69) is 0 Å². The fourth-order valence-corrected chi connectivity index (χ4v) is 0. The van der Waals surface area contributed by atoms with Gasteiger partial charge in [0.05, 0.1) is 0 Å². The van der Waals surface area contributed by atoms with Gasteiger partial charge in [0.15, 0.2) is 0 Å². The second-order valence-electron chi connectivity index (χ2n) is 0. The van der Waals surface area contributed by atoms with E-state index >= 15 is 0 Å². The maximum Gasteiger partial charge on any atom is 0 e. The monoisotopic (exact) mass is 337 g/mol. The van der Waals surface area contributed by atoms with Gasteiger partial charge in [-0.1, -0.05) is 0 Å². The van der Waals surface area contributed by atoms with Crippen molar-refractivity contribution in [3.8, 4) is 0 Å². The Hall–Kier alpha value is 2.56. The van der Waals surface area contributed by atoms with Crippen molar-refractivity contribution < 1.29 is 0 Å². The molecule has 0 fully saturated rings. The predicted octanol–water partition coefficient (Wildman–Crippen LogP) is 2.15. The second kappa shape index (κ2) is 74.7. The summed E-state index contributed by atoms with van der Waals surface area (Å²) in [4.78, 5) is 0. The van der Waals surface area contributed by atoms with Crippen molar-refractivity contribution in [3.05, 3.63) is 0 Å². The standard InChI is InChI=1S/6ClH.Sb/h6*1H;. The zero-order valence-electron chi connectivity index (χ0n) is 2.90. The van der Waals surface area contributed by atoms with Crippen molar-refractivity contribution in [1.29, 1.82) is 0 Å². The first-order valence-corrected chi connectivity index (χ1v) is 0. The minimum absolute atomic E-state index is 0. The first kappa shape index (κ1) is 107. The molecular formula is H6Cl6Sb. The average molecular weight is 341 g/mol. The summed E-state index contributed by atoms with van der Waals surface area (Å²) < 4.78 is 0. The van der Waals surface area contributed by atoms with Crippen LogP contribution >= 0.6 is 74.4 Å². The van der Waals surface area contributed by atoms with E-state index in [1.54, 1.807) is 0 Å². The van der Waals surface area contributed by atoms with Gasteiger partial charge < -0.3 is 0 Å². The van der Waals surface area contributed by atoms with Crippen LogP contribution < -0.4 is 0 Å². The summed E-state index contributed by atoms with van der Waals surface area (Å²) in [6.45, 7) is 0. The molecule has 53 valence electrons. The Morgan fingerprint density at radius 2 is 0.286 bits per heavy atom. The maximum atomic E-state index is 0. The molecule has 0 aromatic heterocycles. The van der Waals surface area contributed by atoms with Crippen molar-refractivity contribution in [2.24, 2.45) is 0 Å². The van der Waals surface area contributed by atoms with Gasteiger partial charge >= 0.3 is 0 Å². The van der Waals surface area contributed by atoms with Crippen molar-refractivity contribution in [2.75, 3.05) is 0 Å². The van der Waals surface area contributed by atoms with Gasteiger partial charge in [-0.15, -0.1) is 74.4 Å². The Kier molecular flexibility index (Phi) is 1140. The minimum Gasteiger partial charge on any atom is -0.147 e. The largest absolute Gasteiger partial charge is 0.147 e. The van der Waals surface area contributed by atoms with Crippen LogP contribution in [-0.4, -0.2) is 24.4 Å². The third-order valence-electron chi connectivity index (χ3n) is 0. The molecule has 0 bridgehead atoms. The molecule has 0 saturated carbocycles. The fourth-order valence-electron chi connectivity index (χ4n) is 0. The Labute approximate surface area is 97.9 Å². The van der Waals surface area contributed by atoms with Crippen LogP contribution in [0.25, 0.3) is 0 Å². The van der Waals surface area contributed by atoms with E-state index in [1.807, 2.05) is 0 Å². The predicted molar refractivity (Wildman–Crippen MR) is 49.2 cm³/mol. The number of hydrogen-bond acceptors (Lipinski definition) is 0. The molecule has 0 unspecified atom stereocenters. The van der Waals surface area contributed by atoms with Gasteiger partial charge in [0.1, 0.15) is 0 Å². The van der Waals surface area contributed by atoms with Crippen LogP contribution in [0.3, 0.4) is 0 Å². The van der Waals surface area contributed by atoms with Gasteiger partial charge in [-0.25, -0.2) is 0 Å². The van der Waals surface area contributed by atoms with Crippen LogP contribution in [0.1, 0.15) is 0 Å². The molecule has 7 heteroatoms. The molecule has 0 rings (SSSR count). The molecule has 0 nitrogen and oxygen atoms in total. The molecule has 0 atom stereocenters. The summed E-state index contributed by atoms with van der Waals surface area (Å²) in [5, 5.41) is 0. The smallest absolute Gasteiger partial charge is 0 e. The Balaban J connectivity index is 0. The van der Waals surface area contributed by atoms with Gasteiger partial charge in [0.2, 0.25) is 0 Å². The molecule has 0 saturated heterocycles. The zero-order chi connectivity index (χ0) is 0. The van der Waals surface area contributed by atoms with E-state index in [1.165, 1.54) is 0 Å².